The first-order chi connectivity index (χ1) is 12.0. The number of ether oxygens (including phenoxy) is 1. The normalized spacial score (nSPS) is 16.7. The van der Waals surface area contributed by atoms with E-state index in [0.29, 0.717) is 18.1 Å². The molecule has 1 aliphatic heterocycles. The Morgan fingerprint density at radius 3 is 2.64 bits per heavy atom. The molecule has 1 unspecified atom stereocenters. The van der Waals surface area contributed by atoms with Gasteiger partial charge in [0.1, 0.15) is 17.8 Å². The number of hydrogen-bond acceptors (Lipinski definition) is 5. The topological polar surface area (TPSA) is 76.1 Å². The molecule has 2 N–H and O–H groups in total. The van der Waals surface area contributed by atoms with Gasteiger partial charge in [0.05, 0.1) is 6.10 Å². The predicted octanol–water partition coefficient (Wildman–Crippen LogP) is 3.25. The Balaban J connectivity index is 1.69. The van der Waals surface area contributed by atoms with E-state index in [0.717, 1.165) is 36.3 Å². The van der Waals surface area contributed by atoms with Crippen molar-refractivity contribution in [1.29, 1.82) is 0 Å². The van der Waals surface area contributed by atoms with E-state index in [9.17, 15) is 4.79 Å². The summed E-state index contributed by atoms with van der Waals surface area (Å²) >= 11 is 0. The first-order valence-corrected chi connectivity index (χ1v) is 8.59. The van der Waals surface area contributed by atoms with E-state index < -0.39 is 0 Å². The fraction of sp³-hybridized carbons (Fsp3) is 0.421. The minimum Gasteiger partial charge on any atom is -0.376 e. The van der Waals surface area contributed by atoms with Gasteiger partial charge >= 0.3 is 0 Å². The molecule has 0 aliphatic carbocycles. The quantitative estimate of drug-likeness (QED) is 0.874. The summed E-state index contributed by atoms with van der Waals surface area (Å²) in [4.78, 5) is 20.8. The zero-order chi connectivity index (χ0) is 17.8. The van der Waals surface area contributed by atoms with Gasteiger partial charge < -0.3 is 15.4 Å². The van der Waals surface area contributed by atoms with Crippen molar-refractivity contribution < 1.29 is 9.53 Å². The fourth-order valence-corrected chi connectivity index (χ4v) is 3.16. The van der Waals surface area contributed by atoms with Crippen LogP contribution in [0.5, 0.6) is 0 Å². The highest BCUT2D eigenvalue weighted by molar-refractivity contribution is 6.04. The maximum absolute atomic E-state index is 12.6. The summed E-state index contributed by atoms with van der Waals surface area (Å²) in [5.74, 6) is 0.394. The van der Waals surface area contributed by atoms with Crippen molar-refractivity contribution >= 4 is 17.4 Å². The molecule has 1 saturated heterocycles. The third-order valence-electron chi connectivity index (χ3n) is 4.35. The first kappa shape index (κ1) is 17.4. The van der Waals surface area contributed by atoms with Crippen LogP contribution in [-0.4, -0.2) is 35.1 Å². The number of nitrogens with zero attached hydrogens (tertiary/aromatic N) is 2. The molecule has 1 fully saturated rings. The molecule has 132 valence electrons. The van der Waals surface area contributed by atoms with Gasteiger partial charge in [-0.25, -0.2) is 9.97 Å². The summed E-state index contributed by atoms with van der Waals surface area (Å²) in [6.07, 6.45) is 3.77. The van der Waals surface area contributed by atoms with Crippen molar-refractivity contribution in [1.82, 2.24) is 9.97 Å². The molecule has 0 radical (unpaired) electrons. The monoisotopic (exact) mass is 340 g/mol. The SMILES string of the molecule is Cc1cc(C)c(NC(=O)c2cc(NCC3CCCO3)ncn2)c(C)c1. The number of nitrogens with one attached hydrogen (secondary N) is 2. The summed E-state index contributed by atoms with van der Waals surface area (Å²) in [7, 11) is 0. The minimum atomic E-state index is -0.238. The smallest absolute Gasteiger partial charge is 0.274 e. The summed E-state index contributed by atoms with van der Waals surface area (Å²) in [6, 6.07) is 5.78. The zero-order valence-corrected chi connectivity index (χ0v) is 14.9. The molecule has 1 atom stereocenters. The van der Waals surface area contributed by atoms with Crippen LogP contribution >= 0.6 is 0 Å². The molecule has 1 aromatic heterocycles. The molecule has 3 rings (SSSR count). The van der Waals surface area contributed by atoms with Crippen LogP contribution in [0.15, 0.2) is 24.5 Å². The Bertz CT molecular complexity index is 747. The molecule has 6 nitrogen and oxygen atoms in total. The summed E-state index contributed by atoms with van der Waals surface area (Å²) in [6.45, 7) is 7.53. The maximum Gasteiger partial charge on any atom is 0.274 e. The number of rotatable bonds is 5. The predicted molar refractivity (Wildman–Crippen MR) is 98.1 cm³/mol. The fourth-order valence-electron chi connectivity index (χ4n) is 3.16. The second-order valence-electron chi connectivity index (χ2n) is 6.53. The largest absolute Gasteiger partial charge is 0.376 e. The maximum atomic E-state index is 12.6. The van der Waals surface area contributed by atoms with Gasteiger partial charge in [0.2, 0.25) is 0 Å². The number of carbonyl (C=O) groups excluding carboxylic acids is 1. The second-order valence-corrected chi connectivity index (χ2v) is 6.53. The Kier molecular flexibility index (Phi) is 5.28. The second kappa shape index (κ2) is 7.61. The number of aromatic nitrogens is 2. The first-order valence-electron chi connectivity index (χ1n) is 8.59. The summed E-state index contributed by atoms with van der Waals surface area (Å²) < 4.78 is 5.58. The number of carbonyl (C=O) groups is 1. The standard InChI is InChI=1S/C19H24N4O2/c1-12-7-13(2)18(14(3)8-12)23-19(24)16-9-17(22-11-21-16)20-10-15-5-4-6-25-15/h7-9,11,15H,4-6,10H2,1-3H3,(H,23,24)(H,20,21,22). The van der Waals surface area contributed by atoms with Crippen molar-refractivity contribution in [3.8, 4) is 0 Å². The third-order valence-corrected chi connectivity index (χ3v) is 4.35. The number of anilines is 2. The van der Waals surface area contributed by atoms with Crippen LogP contribution < -0.4 is 10.6 Å². The van der Waals surface area contributed by atoms with Crippen molar-refractivity contribution in [3.05, 3.63) is 46.9 Å². The molecule has 1 aromatic carbocycles. The number of hydrogen-bond donors (Lipinski definition) is 2. The van der Waals surface area contributed by atoms with Crippen LogP contribution in [0.1, 0.15) is 40.0 Å². The molecule has 6 heteroatoms. The Labute approximate surface area is 148 Å². The van der Waals surface area contributed by atoms with Gasteiger partial charge in [-0.3, -0.25) is 4.79 Å². The molecule has 1 amide bonds. The van der Waals surface area contributed by atoms with Crippen molar-refractivity contribution in [2.45, 2.75) is 39.7 Å². The lowest BCUT2D eigenvalue weighted by Gasteiger charge is -2.13. The van der Waals surface area contributed by atoms with E-state index in [-0.39, 0.29) is 12.0 Å². The van der Waals surface area contributed by atoms with Gasteiger partial charge in [-0.2, -0.15) is 0 Å². The molecule has 0 spiro atoms. The number of benzene rings is 1. The highest BCUT2D eigenvalue weighted by Crippen LogP contribution is 2.22. The number of amides is 1. The zero-order valence-electron chi connectivity index (χ0n) is 14.9. The van der Waals surface area contributed by atoms with Crippen LogP contribution in [-0.2, 0) is 4.74 Å². The van der Waals surface area contributed by atoms with Crippen molar-refractivity contribution in [3.63, 3.8) is 0 Å². The lowest BCUT2D eigenvalue weighted by atomic mass is 10.0. The average molecular weight is 340 g/mol. The summed E-state index contributed by atoms with van der Waals surface area (Å²) in [5.41, 5.74) is 4.43. The van der Waals surface area contributed by atoms with E-state index >= 15 is 0 Å². The molecular weight excluding hydrogens is 316 g/mol. The molecular formula is C19H24N4O2. The van der Waals surface area contributed by atoms with E-state index in [2.05, 4.69) is 32.7 Å². The Hall–Kier alpha value is -2.47. The van der Waals surface area contributed by atoms with Gasteiger partial charge in [-0.05, 0) is 44.7 Å². The highest BCUT2D eigenvalue weighted by atomic mass is 16.5. The van der Waals surface area contributed by atoms with Crippen LogP contribution in [0.2, 0.25) is 0 Å². The van der Waals surface area contributed by atoms with E-state index in [1.807, 2.05) is 20.8 Å². The van der Waals surface area contributed by atoms with Gasteiger partial charge in [-0.1, -0.05) is 17.7 Å². The van der Waals surface area contributed by atoms with Crippen LogP contribution in [0, 0.1) is 20.8 Å². The summed E-state index contributed by atoms with van der Waals surface area (Å²) in [5, 5.41) is 6.18. The van der Waals surface area contributed by atoms with Crippen LogP contribution in [0.25, 0.3) is 0 Å². The van der Waals surface area contributed by atoms with E-state index in [1.165, 1.54) is 11.9 Å². The lowest BCUT2D eigenvalue weighted by Crippen LogP contribution is -2.20. The average Bonchev–Trinajstić information content (AvgIpc) is 3.10. The highest BCUT2D eigenvalue weighted by Gasteiger charge is 2.16. The number of aryl methyl sites for hydroxylation is 3. The minimum absolute atomic E-state index is 0.213. The third kappa shape index (κ3) is 4.33. The Morgan fingerprint density at radius 2 is 1.96 bits per heavy atom. The molecule has 0 bridgehead atoms. The van der Waals surface area contributed by atoms with Crippen LogP contribution in [0.3, 0.4) is 0 Å². The van der Waals surface area contributed by atoms with Gasteiger partial charge in [0, 0.05) is 24.9 Å². The van der Waals surface area contributed by atoms with E-state index in [1.54, 1.807) is 6.07 Å². The van der Waals surface area contributed by atoms with E-state index in [4.69, 9.17) is 4.74 Å². The van der Waals surface area contributed by atoms with Gasteiger partial charge in [0.15, 0.2) is 0 Å². The van der Waals surface area contributed by atoms with Crippen LogP contribution in [0.4, 0.5) is 11.5 Å². The lowest BCUT2D eigenvalue weighted by molar-refractivity contribution is 0.102. The van der Waals surface area contributed by atoms with Gasteiger partial charge in [-0.15, -0.1) is 0 Å². The van der Waals surface area contributed by atoms with Gasteiger partial charge in [0.25, 0.3) is 5.91 Å². The molecule has 25 heavy (non-hydrogen) atoms. The van der Waals surface area contributed by atoms with Crippen molar-refractivity contribution in [2.24, 2.45) is 0 Å². The molecule has 1 aliphatic rings. The molecule has 0 saturated carbocycles. The van der Waals surface area contributed by atoms with Crippen molar-refractivity contribution in [2.75, 3.05) is 23.8 Å². The molecule has 2 heterocycles. The Morgan fingerprint density at radius 1 is 1.20 bits per heavy atom. The molecule has 2 aromatic rings.